The number of carbonyl (C=O) groups excluding carboxylic acids is 1. The Morgan fingerprint density at radius 3 is 2.55 bits per heavy atom. The molecular weight excluding hydrogens is 400 g/mol. The normalized spacial score (nSPS) is 18.7. The van der Waals surface area contributed by atoms with E-state index in [9.17, 15) is 4.79 Å². The fraction of sp³-hybridized carbons (Fsp3) is 0.435. The minimum absolute atomic E-state index is 0.00429. The molecule has 0 radical (unpaired) electrons. The molecule has 2 aliphatic heterocycles. The Bertz CT molecular complexity index is 816. The van der Waals surface area contributed by atoms with Crippen molar-refractivity contribution in [1.82, 2.24) is 10.2 Å². The van der Waals surface area contributed by atoms with Crippen molar-refractivity contribution in [1.29, 1.82) is 0 Å². The van der Waals surface area contributed by atoms with Crippen molar-refractivity contribution in [2.24, 2.45) is 0 Å². The first-order valence-corrected chi connectivity index (χ1v) is 12.3. The molecule has 29 heavy (non-hydrogen) atoms. The Kier molecular flexibility index (Phi) is 7.06. The summed E-state index contributed by atoms with van der Waals surface area (Å²) in [5.74, 6) is 3.27. The Balaban J connectivity index is 1.43. The van der Waals surface area contributed by atoms with Gasteiger partial charge in [0.2, 0.25) is 0 Å². The highest BCUT2D eigenvalue weighted by Crippen LogP contribution is 2.45. The molecule has 0 aliphatic carbocycles. The molecule has 6 heteroatoms. The van der Waals surface area contributed by atoms with Crippen LogP contribution < -0.4 is 10.1 Å². The molecule has 0 saturated carbocycles. The zero-order chi connectivity index (χ0) is 20.1. The van der Waals surface area contributed by atoms with Gasteiger partial charge in [-0.25, -0.2) is 0 Å². The number of hydrogen-bond donors (Lipinski definition) is 1. The van der Waals surface area contributed by atoms with E-state index in [-0.39, 0.29) is 11.9 Å². The molecule has 0 spiro atoms. The second-order valence-corrected chi connectivity index (χ2v) is 10.2. The van der Waals surface area contributed by atoms with E-state index in [0.717, 1.165) is 24.4 Å². The van der Waals surface area contributed by atoms with Crippen LogP contribution >= 0.6 is 23.5 Å². The maximum Gasteiger partial charge on any atom is 0.251 e. The molecule has 4 rings (SSSR count). The van der Waals surface area contributed by atoms with E-state index in [1.165, 1.54) is 35.5 Å². The molecule has 2 heterocycles. The molecule has 154 valence electrons. The van der Waals surface area contributed by atoms with Crippen molar-refractivity contribution in [2.75, 3.05) is 38.2 Å². The van der Waals surface area contributed by atoms with Crippen molar-refractivity contribution >= 4 is 29.4 Å². The van der Waals surface area contributed by atoms with E-state index in [0.29, 0.717) is 11.1 Å². The molecule has 0 aromatic heterocycles. The Morgan fingerprint density at radius 2 is 1.86 bits per heavy atom. The van der Waals surface area contributed by atoms with Crippen LogP contribution in [-0.4, -0.2) is 49.1 Å². The van der Waals surface area contributed by atoms with Crippen LogP contribution in [0.4, 0.5) is 0 Å². The first-order valence-electron chi connectivity index (χ1n) is 10.2. The fourth-order valence-corrected chi connectivity index (χ4v) is 6.85. The summed E-state index contributed by atoms with van der Waals surface area (Å²) >= 11 is 3.97. The maximum absolute atomic E-state index is 12.8. The van der Waals surface area contributed by atoms with Gasteiger partial charge < -0.3 is 10.1 Å². The van der Waals surface area contributed by atoms with Crippen molar-refractivity contribution in [2.45, 2.75) is 23.5 Å². The van der Waals surface area contributed by atoms with E-state index >= 15 is 0 Å². The molecule has 2 aromatic rings. The van der Waals surface area contributed by atoms with E-state index in [2.05, 4.69) is 34.5 Å². The summed E-state index contributed by atoms with van der Waals surface area (Å²) in [6.07, 6.45) is 2.43. The van der Waals surface area contributed by atoms with Crippen LogP contribution in [0.5, 0.6) is 5.75 Å². The van der Waals surface area contributed by atoms with E-state index in [4.69, 9.17) is 4.74 Å². The molecule has 1 amide bonds. The summed E-state index contributed by atoms with van der Waals surface area (Å²) < 4.78 is 5.92. The predicted molar refractivity (Wildman–Crippen MR) is 123 cm³/mol. The van der Waals surface area contributed by atoms with Gasteiger partial charge in [-0.3, -0.25) is 9.69 Å². The molecular formula is C23H28N2O2S2. The highest BCUT2D eigenvalue weighted by atomic mass is 32.2. The molecule has 2 aromatic carbocycles. The number of thioether (sulfide) groups is 2. The smallest absolute Gasteiger partial charge is 0.251 e. The number of amides is 1. The minimum atomic E-state index is -0.00429. The average Bonchev–Trinajstić information content (AvgIpc) is 3.49. The van der Waals surface area contributed by atoms with Crippen molar-refractivity contribution in [3.05, 3.63) is 65.2 Å². The van der Waals surface area contributed by atoms with Crippen molar-refractivity contribution < 1.29 is 9.53 Å². The van der Waals surface area contributed by atoms with Gasteiger partial charge in [0.1, 0.15) is 5.75 Å². The molecule has 2 fully saturated rings. The van der Waals surface area contributed by atoms with E-state index < -0.39 is 0 Å². The van der Waals surface area contributed by atoms with Crippen LogP contribution in [0.25, 0.3) is 0 Å². The molecule has 2 saturated heterocycles. The number of benzene rings is 2. The SMILES string of the molecule is COc1cccc(C(CNC(=O)c2ccc(C3SCCS3)cc2)N2CCCC2)c1. The zero-order valence-electron chi connectivity index (χ0n) is 16.8. The Labute approximate surface area is 181 Å². The lowest BCUT2D eigenvalue weighted by atomic mass is 10.0. The lowest BCUT2D eigenvalue weighted by Crippen LogP contribution is -2.36. The minimum Gasteiger partial charge on any atom is -0.497 e. The highest BCUT2D eigenvalue weighted by Gasteiger charge is 2.25. The number of ether oxygens (including phenoxy) is 1. The largest absolute Gasteiger partial charge is 0.497 e. The summed E-state index contributed by atoms with van der Waals surface area (Å²) in [4.78, 5) is 15.3. The third-order valence-corrected chi connectivity index (χ3v) is 8.69. The number of methoxy groups -OCH3 is 1. The third kappa shape index (κ3) is 5.11. The number of carbonyl (C=O) groups is 1. The monoisotopic (exact) mass is 428 g/mol. The molecule has 2 aliphatic rings. The first-order chi connectivity index (χ1) is 14.2. The topological polar surface area (TPSA) is 41.6 Å². The summed E-state index contributed by atoms with van der Waals surface area (Å²) in [5, 5.41) is 3.17. The van der Waals surface area contributed by atoms with Gasteiger partial charge in [0.25, 0.3) is 5.91 Å². The van der Waals surface area contributed by atoms with Gasteiger partial charge in [0, 0.05) is 23.6 Å². The fourth-order valence-electron chi connectivity index (χ4n) is 3.99. The molecule has 1 unspecified atom stereocenters. The van der Waals surface area contributed by atoms with Crippen LogP contribution in [0, 0.1) is 0 Å². The molecule has 0 bridgehead atoms. The van der Waals surface area contributed by atoms with Crippen LogP contribution in [0.3, 0.4) is 0 Å². The van der Waals surface area contributed by atoms with Gasteiger partial charge in [-0.15, -0.1) is 23.5 Å². The quantitative estimate of drug-likeness (QED) is 0.690. The van der Waals surface area contributed by atoms with Gasteiger partial charge in [-0.1, -0.05) is 24.3 Å². The van der Waals surface area contributed by atoms with E-state index in [1.807, 2.05) is 47.8 Å². The number of rotatable bonds is 7. The Morgan fingerprint density at radius 1 is 1.14 bits per heavy atom. The van der Waals surface area contributed by atoms with Gasteiger partial charge >= 0.3 is 0 Å². The van der Waals surface area contributed by atoms with Crippen LogP contribution in [0.2, 0.25) is 0 Å². The highest BCUT2D eigenvalue weighted by molar-refractivity contribution is 8.19. The van der Waals surface area contributed by atoms with E-state index in [1.54, 1.807) is 7.11 Å². The van der Waals surface area contributed by atoms with Crippen LogP contribution in [0.1, 0.15) is 45.0 Å². The average molecular weight is 429 g/mol. The zero-order valence-corrected chi connectivity index (χ0v) is 18.4. The maximum atomic E-state index is 12.8. The second kappa shape index (κ2) is 9.92. The summed E-state index contributed by atoms with van der Waals surface area (Å²) in [5.41, 5.74) is 3.23. The summed E-state index contributed by atoms with van der Waals surface area (Å²) in [6, 6.07) is 16.5. The number of likely N-dealkylation sites (tertiary alicyclic amines) is 1. The molecule has 1 atom stereocenters. The number of nitrogens with zero attached hydrogens (tertiary/aromatic N) is 1. The van der Waals surface area contributed by atoms with Crippen LogP contribution in [0.15, 0.2) is 48.5 Å². The number of nitrogens with one attached hydrogen (secondary N) is 1. The number of hydrogen-bond acceptors (Lipinski definition) is 5. The Hall–Kier alpha value is -1.63. The predicted octanol–water partition coefficient (Wildman–Crippen LogP) is 4.74. The van der Waals surface area contributed by atoms with Gasteiger partial charge in [-0.2, -0.15) is 0 Å². The third-order valence-electron chi connectivity index (χ3n) is 5.58. The van der Waals surface area contributed by atoms with Gasteiger partial charge in [-0.05, 0) is 61.3 Å². The van der Waals surface area contributed by atoms with Gasteiger partial charge in [0.15, 0.2) is 0 Å². The lowest BCUT2D eigenvalue weighted by molar-refractivity contribution is 0.0938. The second-order valence-electron chi connectivity index (χ2n) is 7.44. The lowest BCUT2D eigenvalue weighted by Gasteiger charge is -2.28. The van der Waals surface area contributed by atoms with Crippen molar-refractivity contribution in [3.8, 4) is 5.75 Å². The van der Waals surface area contributed by atoms with Crippen LogP contribution in [-0.2, 0) is 0 Å². The standard InChI is InChI=1S/C23H28N2O2S2/c1-27-20-6-4-5-19(15-20)21(25-11-2-3-12-25)16-24-22(26)17-7-9-18(10-8-17)23-28-13-14-29-23/h4-10,15,21,23H,2-3,11-14,16H2,1H3,(H,24,26). The molecule has 1 N–H and O–H groups in total. The van der Waals surface area contributed by atoms with Crippen molar-refractivity contribution in [3.63, 3.8) is 0 Å². The first kappa shape index (κ1) is 20.6. The summed E-state index contributed by atoms with van der Waals surface area (Å²) in [7, 11) is 1.69. The summed E-state index contributed by atoms with van der Waals surface area (Å²) in [6.45, 7) is 2.74. The van der Waals surface area contributed by atoms with Gasteiger partial charge in [0.05, 0.1) is 17.7 Å². The molecule has 4 nitrogen and oxygen atoms in total.